The smallest absolute Gasteiger partial charge is 0.121 e. The molecule has 0 fully saturated rings. The summed E-state index contributed by atoms with van der Waals surface area (Å²) in [7, 11) is -1.37. The molecule has 0 bridgehead atoms. The van der Waals surface area contributed by atoms with Crippen LogP contribution in [0.4, 0.5) is 0 Å². The Balaban J connectivity index is 0.000000210. The molecule has 3 aromatic heterocycles. The Hall–Kier alpha value is -4.15. The van der Waals surface area contributed by atoms with Gasteiger partial charge in [0, 0.05) is 37.9 Å². The van der Waals surface area contributed by atoms with E-state index in [1.54, 1.807) is 0 Å². The fourth-order valence-electron chi connectivity index (χ4n) is 6.58. The Bertz CT molecular complexity index is 2250. The molecular formula is C47H50IrN2OSi-2. The standard InChI is InChI=1S/C28H24NO.C19H26NSi.Ir/c1-18(2)19(3)21-14-15-29-26(16-21)25-11-7-10-24-23-13-12-22(17-27(23)30-28(24)25)20-8-5-4-6-9-20;1-19(2,3)13-16-12-17(15-10-8-7-9-11-15)20-14-18(16)21(4,5)6;/h4-10,12-19H,1-3H3;7-10,12,14H,13H2,1-6H3;/q2*-1;. The normalized spacial score (nSPS) is 12.3. The molecule has 7 rings (SSSR count). The van der Waals surface area contributed by atoms with E-state index < -0.39 is 8.07 Å². The van der Waals surface area contributed by atoms with E-state index in [9.17, 15) is 0 Å². The van der Waals surface area contributed by atoms with Gasteiger partial charge in [-0.15, -0.1) is 54.1 Å². The number of rotatable bonds is 7. The molecule has 1 atom stereocenters. The van der Waals surface area contributed by atoms with E-state index in [-0.39, 0.29) is 25.5 Å². The summed E-state index contributed by atoms with van der Waals surface area (Å²) in [4.78, 5) is 9.36. The Morgan fingerprint density at radius 2 is 1.48 bits per heavy atom. The van der Waals surface area contributed by atoms with E-state index in [1.807, 2.05) is 36.5 Å². The summed E-state index contributed by atoms with van der Waals surface area (Å²) in [6.07, 6.45) is 5.10. The molecule has 3 heterocycles. The van der Waals surface area contributed by atoms with Crippen molar-refractivity contribution >= 4 is 35.2 Å². The molecule has 0 aliphatic heterocycles. The topological polar surface area (TPSA) is 38.9 Å². The minimum absolute atomic E-state index is 0. The van der Waals surface area contributed by atoms with Crippen molar-refractivity contribution in [2.75, 3.05) is 0 Å². The minimum atomic E-state index is -1.37. The molecule has 5 heteroatoms. The molecule has 0 aliphatic rings. The quantitative estimate of drug-likeness (QED) is 0.118. The first kappa shape index (κ1) is 39.1. The Morgan fingerprint density at radius 3 is 2.15 bits per heavy atom. The van der Waals surface area contributed by atoms with Gasteiger partial charge in [0.25, 0.3) is 0 Å². The van der Waals surface area contributed by atoms with Crippen LogP contribution in [0.3, 0.4) is 0 Å². The molecule has 0 amide bonds. The van der Waals surface area contributed by atoms with Crippen LogP contribution in [0.25, 0.3) is 55.6 Å². The van der Waals surface area contributed by atoms with Crippen molar-refractivity contribution in [1.82, 2.24) is 9.97 Å². The van der Waals surface area contributed by atoms with Crippen molar-refractivity contribution in [2.24, 2.45) is 11.3 Å². The predicted molar refractivity (Wildman–Crippen MR) is 219 cm³/mol. The fraction of sp³-hybridized carbons (Fsp3) is 0.277. The number of pyridine rings is 2. The number of hydrogen-bond acceptors (Lipinski definition) is 3. The molecule has 0 spiro atoms. The summed E-state index contributed by atoms with van der Waals surface area (Å²) in [5.41, 5.74) is 11.1. The Morgan fingerprint density at radius 1 is 0.731 bits per heavy atom. The molecule has 0 aliphatic carbocycles. The van der Waals surface area contributed by atoms with Crippen LogP contribution in [0.1, 0.15) is 58.6 Å². The molecule has 269 valence electrons. The van der Waals surface area contributed by atoms with Gasteiger partial charge in [0.1, 0.15) is 5.58 Å². The first-order valence-electron chi connectivity index (χ1n) is 18.1. The van der Waals surface area contributed by atoms with Gasteiger partial charge in [-0.2, -0.15) is 0 Å². The van der Waals surface area contributed by atoms with Gasteiger partial charge >= 0.3 is 0 Å². The van der Waals surface area contributed by atoms with Gasteiger partial charge in [0.15, 0.2) is 0 Å². The van der Waals surface area contributed by atoms with E-state index in [4.69, 9.17) is 9.40 Å². The number of nitrogens with zero attached hydrogens (tertiary/aromatic N) is 2. The third-order valence-electron chi connectivity index (χ3n) is 9.61. The van der Waals surface area contributed by atoms with Gasteiger partial charge in [0.2, 0.25) is 0 Å². The summed E-state index contributed by atoms with van der Waals surface area (Å²) in [6, 6.07) is 42.2. The number of hydrogen-bond donors (Lipinski definition) is 0. The van der Waals surface area contributed by atoms with E-state index >= 15 is 0 Å². The zero-order chi connectivity index (χ0) is 36.3. The maximum Gasteiger partial charge on any atom is 0.121 e. The zero-order valence-corrected chi connectivity index (χ0v) is 35.4. The summed E-state index contributed by atoms with van der Waals surface area (Å²) < 4.78 is 6.38. The van der Waals surface area contributed by atoms with Crippen molar-refractivity contribution in [2.45, 2.75) is 73.5 Å². The number of fused-ring (bicyclic) bond motifs is 3. The third-order valence-corrected chi connectivity index (χ3v) is 11.7. The molecule has 3 nitrogen and oxygen atoms in total. The second kappa shape index (κ2) is 16.2. The molecule has 4 aromatic carbocycles. The van der Waals surface area contributed by atoms with Crippen LogP contribution < -0.4 is 5.19 Å². The zero-order valence-electron chi connectivity index (χ0n) is 32.0. The minimum Gasteiger partial charge on any atom is -0.501 e. The van der Waals surface area contributed by atoms with E-state index in [2.05, 4.69) is 157 Å². The van der Waals surface area contributed by atoms with E-state index in [1.165, 1.54) is 21.9 Å². The van der Waals surface area contributed by atoms with Gasteiger partial charge in [-0.25, -0.2) is 0 Å². The maximum atomic E-state index is 6.38. The molecule has 0 N–H and O–H groups in total. The second-order valence-corrected chi connectivity index (χ2v) is 21.3. The summed E-state index contributed by atoms with van der Waals surface area (Å²) >= 11 is 0. The maximum absolute atomic E-state index is 6.38. The number of aromatic nitrogens is 2. The molecule has 0 saturated heterocycles. The number of furan rings is 1. The Labute approximate surface area is 325 Å². The van der Waals surface area contributed by atoms with E-state index in [0.717, 1.165) is 56.4 Å². The summed E-state index contributed by atoms with van der Waals surface area (Å²) in [5.74, 6) is 1.04. The van der Waals surface area contributed by atoms with E-state index in [0.29, 0.717) is 11.8 Å². The van der Waals surface area contributed by atoms with Gasteiger partial charge in [-0.05, 0) is 63.5 Å². The average molecular weight is 879 g/mol. The average Bonchev–Trinajstić information content (AvgIpc) is 3.49. The van der Waals surface area contributed by atoms with Crippen molar-refractivity contribution in [1.29, 1.82) is 0 Å². The Kier molecular flexibility index (Phi) is 12.2. The predicted octanol–water partition coefficient (Wildman–Crippen LogP) is 12.6. The van der Waals surface area contributed by atoms with Crippen molar-refractivity contribution in [3.63, 3.8) is 0 Å². The van der Waals surface area contributed by atoms with Gasteiger partial charge < -0.3 is 14.4 Å². The van der Waals surface area contributed by atoms with Gasteiger partial charge in [-0.1, -0.05) is 138 Å². The van der Waals surface area contributed by atoms with Crippen molar-refractivity contribution in [3.8, 4) is 33.6 Å². The molecular weight excluding hydrogens is 829 g/mol. The first-order valence-corrected chi connectivity index (χ1v) is 21.6. The van der Waals surface area contributed by atoms with Crippen LogP contribution in [0.5, 0.6) is 0 Å². The van der Waals surface area contributed by atoms with Crippen LogP contribution in [0.2, 0.25) is 19.6 Å². The van der Waals surface area contributed by atoms with Crippen LogP contribution in [0, 0.1) is 23.5 Å². The van der Waals surface area contributed by atoms with Gasteiger partial charge in [0.05, 0.1) is 13.7 Å². The first-order chi connectivity index (χ1) is 24.3. The SMILES string of the molecule is CC(C)(C)Cc1cc(-c2[c-]cccc2)ncc1[Si](C)(C)C.CC(C)C(C)c1ccnc(-c2[c-]ccc3c2oc2cc(-c4ccccc4)ccc23)c1.[Ir]. The molecule has 52 heavy (non-hydrogen) atoms. The second-order valence-electron chi connectivity index (χ2n) is 16.3. The summed E-state index contributed by atoms with van der Waals surface area (Å²) in [5, 5.41) is 3.70. The number of benzene rings is 4. The van der Waals surface area contributed by atoms with Crippen LogP contribution >= 0.6 is 0 Å². The molecule has 1 radical (unpaired) electrons. The fourth-order valence-corrected chi connectivity index (χ4v) is 8.16. The monoisotopic (exact) mass is 879 g/mol. The van der Waals surface area contributed by atoms with Gasteiger partial charge in [-0.3, -0.25) is 0 Å². The van der Waals surface area contributed by atoms with Crippen molar-refractivity contribution < 1.29 is 24.5 Å². The van der Waals surface area contributed by atoms with Crippen LogP contribution in [-0.4, -0.2) is 18.0 Å². The largest absolute Gasteiger partial charge is 0.501 e. The third kappa shape index (κ3) is 9.07. The molecule has 7 aromatic rings. The van der Waals surface area contributed by atoms with Crippen LogP contribution in [0.15, 0.2) is 120 Å². The van der Waals surface area contributed by atoms with Crippen LogP contribution in [-0.2, 0) is 26.5 Å². The molecule has 1 unspecified atom stereocenters. The summed E-state index contributed by atoms with van der Waals surface area (Å²) in [6.45, 7) is 20.9. The molecule has 0 saturated carbocycles. The van der Waals surface area contributed by atoms with Crippen molar-refractivity contribution in [3.05, 3.63) is 139 Å².